The smallest absolute Gasteiger partial charge is 0.149 e. The highest BCUT2D eigenvalue weighted by Crippen LogP contribution is 2.26. The van der Waals surface area contributed by atoms with E-state index in [-0.39, 0.29) is 5.92 Å². The van der Waals surface area contributed by atoms with Gasteiger partial charge in [-0.25, -0.2) is 0 Å². The van der Waals surface area contributed by atoms with Crippen molar-refractivity contribution < 1.29 is 4.79 Å². The van der Waals surface area contributed by atoms with Crippen LogP contribution in [0, 0.1) is 5.92 Å². The zero-order valence-corrected chi connectivity index (χ0v) is 9.05. The third-order valence-electron chi connectivity index (χ3n) is 2.58. The zero-order valence-electron chi connectivity index (χ0n) is 9.05. The van der Waals surface area contributed by atoms with E-state index in [0.717, 1.165) is 19.0 Å². The fraction of sp³-hybridized carbons (Fsp3) is 0.909. The van der Waals surface area contributed by atoms with Gasteiger partial charge >= 0.3 is 0 Å². The summed E-state index contributed by atoms with van der Waals surface area (Å²) in [6, 6.07) is 0.725. The molecule has 1 aliphatic rings. The molecule has 0 heterocycles. The highest BCUT2D eigenvalue weighted by atomic mass is 16.1. The summed E-state index contributed by atoms with van der Waals surface area (Å²) in [7, 11) is 0. The van der Waals surface area contributed by atoms with Crippen molar-refractivity contribution in [1.29, 1.82) is 0 Å². The molecule has 13 heavy (non-hydrogen) atoms. The second kappa shape index (κ2) is 4.75. The van der Waals surface area contributed by atoms with Crippen molar-refractivity contribution in [2.45, 2.75) is 46.1 Å². The molecule has 76 valence electrons. The van der Waals surface area contributed by atoms with Crippen LogP contribution < -0.4 is 0 Å². The van der Waals surface area contributed by atoms with Gasteiger partial charge in [0.25, 0.3) is 0 Å². The van der Waals surface area contributed by atoms with Crippen LogP contribution in [-0.2, 0) is 4.79 Å². The van der Waals surface area contributed by atoms with E-state index in [1.807, 2.05) is 13.8 Å². The van der Waals surface area contributed by atoms with Crippen molar-refractivity contribution in [2.75, 3.05) is 13.1 Å². The second-order valence-electron chi connectivity index (χ2n) is 4.32. The predicted octanol–water partition coefficient (Wildman–Crippen LogP) is 2.09. The molecule has 1 saturated carbocycles. The molecule has 0 aromatic heterocycles. The Morgan fingerprint density at radius 2 is 2.08 bits per heavy atom. The van der Waals surface area contributed by atoms with Crippen LogP contribution in [0.25, 0.3) is 0 Å². The van der Waals surface area contributed by atoms with Crippen LogP contribution in [0.5, 0.6) is 0 Å². The molecule has 0 aromatic carbocycles. The molecule has 0 aromatic rings. The Balaban J connectivity index is 2.33. The SMILES string of the molecule is CCCN(CC(=O)C(C)C)C1CC1. The summed E-state index contributed by atoms with van der Waals surface area (Å²) in [6.07, 6.45) is 3.75. The lowest BCUT2D eigenvalue weighted by Crippen LogP contribution is -2.34. The number of carbonyl (C=O) groups excluding carboxylic acids is 1. The molecular weight excluding hydrogens is 162 g/mol. The van der Waals surface area contributed by atoms with Gasteiger partial charge in [-0.2, -0.15) is 0 Å². The molecule has 0 radical (unpaired) electrons. The van der Waals surface area contributed by atoms with Crippen molar-refractivity contribution in [2.24, 2.45) is 5.92 Å². The van der Waals surface area contributed by atoms with E-state index in [1.54, 1.807) is 0 Å². The summed E-state index contributed by atoms with van der Waals surface area (Å²) in [5.74, 6) is 0.582. The molecule has 0 saturated heterocycles. The van der Waals surface area contributed by atoms with Crippen LogP contribution in [0.15, 0.2) is 0 Å². The Labute approximate surface area is 81.3 Å². The molecule has 1 fully saturated rings. The summed E-state index contributed by atoms with van der Waals surface area (Å²) in [6.45, 7) is 7.91. The number of nitrogens with zero attached hydrogens (tertiary/aromatic N) is 1. The van der Waals surface area contributed by atoms with Gasteiger partial charge in [0.1, 0.15) is 5.78 Å². The van der Waals surface area contributed by atoms with E-state index in [0.29, 0.717) is 12.3 Å². The van der Waals surface area contributed by atoms with Crippen molar-refractivity contribution in [3.63, 3.8) is 0 Å². The number of ketones is 1. The standard InChI is InChI=1S/C11H21NO/c1-4-7-12(10-5-6-10)8-11(13)9(2)3/h9-10H,4-8H2,1-3H3. The molecule has 0 bridgehead atoms. The number of rotatable bonds is 6. The average molecular weight is 183 g/mol. The fourth-order valence-electron chi connectivity index (χ4n) is 1.50. The maximum atomic E-state index is 11.5. The summed E-state index contributed by atoms with van der Waals surface area (Å²) >= 11 is 0. The first kappa shape index (κ1) is 10.7. The minimum absolute atomic E-state index is 0.193. The van der Waals surface area contributed by atoms with E-state index in [4.69, 9.17) is 0 Å². The fourth-order valence-corrected chi connectivity index (χ4v) is 1.50. The maximum absolute atomic E-state index is 11.5. The van der Waals surface area contributed by atoms with Crippen LogP contribution in [-0.4, -0.2) is 29.8 Å². The van der Waals surface area contributed by atoms with Gasteiger partial charge in [0.05, 0.1) is 6.54 Å². The van der Waals surface area contributed by atoms with Crippen molar-refractivity contribution >= 4 is 5.78 Å². The van der Waals surface area contributed by atoms with E-state index < -0.39 is 0 Å². The molecule has 2 heteroatoms. The van der Waals surface area contributed by atoms with Gasteiger partial charge in [-0.1, -0.05) is 20.8 Å². The molecule has 1 rings (SSSR count). The van der Waals surface area contributed by atoms with E-state index in [2.05, 4.69) is 11.8 Å². The number of hydrogen-bond donors (Lipinski definition) is 0. The largest absolute Gasteiger partial charge is 0.298 e. The summed E-state index contributed by atoms with van der Waals surface area (Å²) in [5, 5.41) is 0. The monoisotopic (exact) mass is 183 g/mol. The van der Waals surface area contributed by atoms with E-state index in [9.17, 15) is 4.79 Å². The average Bonchev–Trinajstić information content (AvgIpc) is 2.85. The third kappa shape index (κ3) is 3.47. The highest BCUT2D eigenvalue weighted by molar-refractivity contribution is 5.82. The molecule has 0 N–H and O–H groups in total. The van der Waals surface area contributed by atoms with Gasteiger partial charge in [-0.15, -0.1) is 0 Å². The molecule has 0 unspecified atom stereocenters. The van der Waals surface area contributed by atoms with Crippen LogP contribution in [0.3, 0.4) is 0 Å². The first-order valence-corrected chi connectivity index (χ1v) is 5.42. The van der Waals surface area contributed by atoms with Gasteiger partial charge in [-0.05, 0) is 25.8 Å². The molecule has 0 atom stereocenters. The molecular formula is C11H21NO. The molecule has 1 aliphatic carbocycles. The summed E-state index contributed by atoms with van der Waals surface area (Å²) < 4.78 is 0. The molecule has 0 amide bonds. The lowest BCUT2D eigenvalue weighted by molar-refractivity contribution is -0.123. The van der Waals surface area contributed by atoms with Gasteiger partial charge in [-0.3, -0.25) is 9.69 Å². The van der Waals surface area contributed by atoms with Gasteiger partial charge in [0.2, 0.25) is 0 Å². The van der Waals surface area contributed by atoms with Crippen molar-refractivity contribution in [3.05, 3.63) is 0 Å². The lowest BCUT2D eigenvalue weighted by atomic mass is 10.1. The van der Waals surface area contributed by atoms with Gasteiger partial charge < -0.3 is 0 Å². The maximum Gasteiger partial charge on any atom is 0.149 e. The second-order valence-corrected chi connectivity index (χ2v) is 4.32. The predicted molar refractivity (Wildman–Crippen MR) is 54.7 cm³/mol. The minimum atomic E-state index is 0.193. The first-order valence-electron chi connectivity index (χ1n) is 5.42. The third-order valence-corrected chi connectivity index (χ3v) is 2.58. The highest BCUT2D eigenvalue weighted by Gasteiger charge is 2.29. The number of carbonyl (C=O) groups is 1. The van der Waals surface area contributed by atoms with E-state index >= 15 is 0 Å². The van der Waals surface area contributed by atoms with Gasteiger partial charge in [0.15, 0.2) is 0 Å². The Morgan fingerprint density at radius 1 is 1.46 bits per heavy atom. The van der Waals surface area contributed by atoms with Crippen LogP contribution in [0.1, 0.15) is 40.0 Å². The molecule has 0 aliphatic heterocycles. The minimum Gasteiger partial charge on any atom is -0.298 e. The summed E-state index contributed by atoms with van der Waals surface area (Å²) in [4.78, 5) is 13.9. The number of hydrogen-bond acceptors (Lipinski definition) is 2. The zero-order chi connectivity index (χ0) is 9.84. The van der Waals surface area contributed by atoms with Crippen LogP contribution >= 0.6 is 0 Å². The Bertz CT molecular complexity index is 173. The lowest BCUT2D eigenvalue weighted by Gasteiger charge is -2.21. The van der Waals surface area contributed by atoms with Crippen LogP contribution in [0.4, 0.5) is 0 Å². The van der Waals surface area contributed by atoms with Crippen LogP contribution in [0.2, 0.25) is 0 Å². The Kier molecular flexibility index (Phi) is 3.91. The topological polar surface area (TPSA) is 20.3 Å². The Hall–Kier alpha value is -0.370. The quantitative estimate of drug-likeness (QED) is 0.628. The number of Topliss-reactive ketones (excluding diaryl/α,β-unsaturated/α-hetero) is 1. The van der Waals surface area contributed by atoms with Gasteiger partial charge in [0, 0.05) is 12.0 Å². The molecule has 0 spiro atoms. The first-order chi connectivity index (χ1) is 6.15. The normalized spacial score (nSPS) is 17.0. The van der Waals surface area contributed by atoms with Crippen molar-refractivity contribution in [3.8, 4) is 0 Å². The van der Waals surface area contributed by atoms with E-state index in [1.165, 1.54) is 12.8 Å². The van der Waals surface area contributed by atoms with Crippen molar-refractivity contribution in [1.82, 2.24) is 4.90 Å². The summed E-state index contributed by atoms with van der Waals surface area (Å²) in [5.41, 5.74) is 0. The Morgan fingerprint density at radius 3 is 2.46 bits per heavy atom. The molecule has 2 nitrogen and oxygen atoms in total.